The van der Waals surface area contributed by atoms with Crippen molar-refractivity contribution in [2.45, 2.75) is 70.8 Å². The molecule has 0 aliphatic carbocycles. The molecule has 69 heavy (non-hydrogen) atoms. The summed E-state index contributed by atoms with van der Waals surface area (Å²) in [5, 5.41) is 7.88. The minimum Gasteiger partial charge on any atom is -0.375 e. The maximum atomic E-state index is 15.1. The van der Waals surface area contributed by atoms with Crippen LogP contribution in [-0.2, 0) is 32.0 Å². The van der Waals surface area contributed by atoms with Crippen LogP contribution in [0.1, 0.15) is 77.2 Å². The standard InChI is InChI=1S/C50H52F4N8O7/c1-31(63)62(32(2)64)44-27-36(35-7-5-6-34(24-35)28-50(52,53)54)29-55-46(44)49(68)60-18-14-38(15-19-60)69-37-12-16-58(17-13-37)30-45(65)59-20-22-61(23-21-59)48(67)41-25-33(10-11-42(41)51)26-43-39-8-3-4-9-40(39)47(66)57-56-43/h3-11,24-25,27,29,37-38H,12-23,26,28,30H2,1-2H3,(H,57,66). The lowest BCUT2D eigenvalue weighted by molar-refractivity contribution is -0.135. The van der Waals surface area contributed by atoms with E-state index in [1.54, 1.807) is 45.0 Å². The fraction of sp³-hybridized carbons (Fsp3) is 0.400. The Balaban J connectivity index is 0.794. The second-order valence-corrected chi connectivity index (χ2v) is 17.8. The number of hydrogen-bond donors (Lipinski definition) is 1. The Hall–Kier alpha value is -6.86. The molecule has 19 heteroatoms. The van der Waals surface area contributed by atoms with Crippen molar-refractivity contribution in [1.82, 2.24) is 34.8 Å². The number of H-pyrrole nitrogens is 1. The van der Waals surface area contributed by atoms with Crippen LogP contribution in [0.25, 0.3) is 21.9 Å². The summed E-state index contributed by atoms with van der Waals surface area (Å²) < 4.78 is 61.0. The van der Waals surface area contributed by atoms with Crippen molar-refractivity contribution < 1.29 is 46.3 Å². The molecule has 15 nitrogen and oxygen atoms in total. The van der Waals surface area contributed by atoms with E-state index in [-0.39, 0.29) is 72.2 Å². The largest absolute Gasteiger partial charge is 0.393 e. The van der Waals surface area contributed by atoms with Gasteiger partial charge in [0.05, 0.1) is 47.5 Å². The van der Waals surface area contributed by atoms with E-state index in [0.717, 1.165) is 4.90 Å². The number of ether oxygens (including phenoxy) is 1. The van der Waals surface area contributed by atoms with Crippen molar-refractivity contribution in [2.24, 2.45) is 0 Å². The smallest absolute Gasteiger partial charge is 0.375 e. The molecule has 5 heterocycles. The number of anilines is 1. The number of amides is 5. The number of piperidine rings is 2. The Labute approximate surface area is 395 Å². The second-order valence-electron chi connectivity index (χ2n) is 17.8. The predicted octanol–water partition coefficient (Wildman–Crippen LogP) is 5.79. The van der Waals surface area contributed by atoms with Crippen LogP contribution in [-0.4, -0.2) is 142 Å². The average molecular weight is 953 g/mol. The number of carbonyl (C=O) groups is 5. The molecule has 0 unspecified atom stereocenters. The summed E-state index contributed by atoms with van der Waals surface area (Å²) >= 11 is 0. The van der Waals surface area contributed by atoms with Gasteiger partial charge in [0.25, 0.3) is 17.4 Å². The van der Waals surface area contributed by atoms with Gasteiger partial charge in [0, 0.05) is 89.8 Å². The second kappa shape index (κ2) is 20.8. The number of aromatic amines is 1. The third kappa shape index (κ3) is 11.5. The number of fused-ring (bicyclic) bond motifs is 1. The highest BCUT2D eigenvalue weighted by Gasteiger charge is 2.34. The molecule has 2 aromatic heterocycles. The first kappa shape index (κ1) is 48.6. The van der Waals surface area contributed by atoms with Crippen LogP contribution in [0.3, 0.4) is 0 Å². The molecule has 0 saturated carbocycles. The number of pyridine rings is 1. The number of rotatable bonds is 11. The van der Waals surface area contributed by atoms with E-state index < -0.39 is 42.0 Å². The predicted molar refractivity (Wildman–Crippen MR) is 247 cm³/mol. The highest BCUT2D eigenvalue weighted by atomic mass is 19.4. The molecule has 1 N–H and O–H groups in total. The molecule has 8 rings (SSSR count). The Kier molecular flexibility index (Phi) is 14.6. The molecule has 3 aliphatic heterocycles. The summed E-state index contributed by atoms with van der Waals surface area (Å²) in [7, 11) is 0. The monoisotopic (exact) mass is 952 g/mol. The number of hydrogen-bond acceptors (Lipinski definition) is 10. The highest BCUT2D eigenvalue weighted by Crippen LogP contribution is 2.32. The van der Waals surface area contributed by atoms with Crippen molar-refractivity contribution in [1.29, 1.82) is 0 Å². The van der Waals surface area contributed by atoms with Crippen LogP contribution in [0.15, 0.2) is 83.8 Å². The van der Waals surface area contributed by atoms with Gasteiger partial charge in [-0.25, -0.2) is 19.4 Å². The lowest BCUT2D eigenvalue weighted by Gasteiger charge is -2.38. The first-order valence-electron chi connectivity index (χ1n) is 23.0. The van der Waals surface area contributed by atoms with Crippen molar-refractivity contribution >= 4 is 46.0 Å². The topological polar surface area (TPSA) is 169 Å². The number of nitrogens with zero attached hydrogens (tertiary/aromatic N) is 7. The molecule has 3 aromatic carbocycles. The Bertz CT molecular complexity index is 2800. The quantitative estimate of drug-likeness (QED) is 0.160. The highest BCUT2D eigenvalue weighted by molar-refractivity contribution is 6.16. The van der Waals surface area contributed by atoms with Gasteiger partial charge in [0.15, 0.2) is 5.69 Å². The van der Waals surface area contributed by atoms with Gasteiger partial charge in [-0.05, 0) is 66.6 Å². The first-order valence-corrected chi connectivity index (χ1v) is 23.0. The van der Waals surface area contributed by atoms with Gasteiger partial charge in [-0.1, -0.05) is 48.5 Å². The van der Waals surface area contributed by atoms with Crippen molar-refractivity contribution in [3.05, 3.63) is 123 Å². The summed E-state index contributed by atoms with van der Waals surface area (Å²) in [5.41, 5.74) is 1.44. The van der Waals surface area contributed by atoms with Crippen LogP contribution in [0, 0.1) is 5.82 Å². The van der Waals surface area contributed by atoms with E-state index in [4.69, 9.17) is 4.74 Å². The zero-order chi connectivity index (χ0) is 49.0. The number of aromatic nitrogens is 3. The van der Waals surface area contributed by atoms with Crippen molar-refractivity contribution in [2.75, 3.05) is 63.8 Å². The molecule has 3 aliphatic rings. The Morgan fingerprint density at radius 3 is 2.03 bits per heavy atom. The van der Waals surface area contributed by atoms with Crippen LogP contribution < -0.4 is 10.5 Å². The maximum absolute atomic E-state index is 15.1. The van der Waals surface area contributed by atoms with Crippen LogP contribution in [0.2, 0.25) is 0 Å². The van der Waals surface area contributed by atoms with E-state index in [9.17, 15) is 41.9 Å². The molecule has 0 radical (unpaired) electrons. The number of alkyl halides is 3. The normalized spacial score (nSPS) is 16.5. The lowest BCUT2D eigenvalue weighted by Crippen LogP contribution is -2.53. The van der Waals surface area contributed by atoms with E-state index in [1.165, 1.54) is 56.4 Å². The number of nitrogens with one attached hydrogen (secondary N) is 1. The summed E-state index contributed by atoms with van der Waals surface area (Å²) in [6, 6.07) is 18.7. The molecule has 3 fully saturated rings. The fourth-order valence-corrected chi connectivity index (χ4v) is 9.39. The molecule has 0 bridgehead atoms. The van der Waals surface area contributed by atoms with Gasteiger partial charge in [-0.2, -0.15) is 18.3 Å². The Morgan fingerprint density at radius 2 is 1.36 bits per heavy atom. The summed E-state index contributed by atoms with van der Waals surface area (Å²) in [6.07, 6.45) is -1.62. The number of piperazine rings is 1. The Morgan fingerprint density at radius 1 is 0.725 bits per heavy atom. The van der Waals surface area contributed by atoms with Crippen LogP contribution in [0.4, 0.5) is 23.2 Å². The number of carbonyl (C=O) groups excluding carboxylic acids is 5. The van der Waals surface area contributed by atoms with Gasteiger partial charge in [0.2, 0.25) is 17.7 Å². The number of likely N-dealkylation sites (tertiary alicyclic amines) is 2. The molecule has 0 spiro atoms. The van der Waals surface area contributed by atoms with E-state index in [0.29, 0.717) is 98.1 Å². The minimum atomic E-state index is -4.42. The van der Waals surface area contributed by atoms with Crippen molar-refractivity contribution in [3.63, 3.8) is 0 Å². The SMILES string of the molecule is CC(=O)N(C(C)=O)c1cc(-c2cccc(CC(F)(F)F)c2)cnc1C(=O)N1CCC(OC2CCN(CC(=O)N3CCN(C(=O)c4cc(Cc5n[nH]c(=O)c6ccccc56)ccc4F)CC3)CC2)CC1. The maximum Gasteiger partial charge on any atom is 0.393 e. The zero-order valence-electron chi connectivity index (χ0n) is 38.3. The summed E-state index contributed by atoms with van der Waals surface area (Å²) in [6.45, 7) is 5.66. The number of imide groups is 1. The van der Waals surface area contributed by atoms with Gasteiger partial charge in [-0.15, -0.1) is 0 Å². The third-order valence-corrected chi connectivity index (χ3v) is 12.9. The molecular weight excluding hydrogens is 901 g/mol. The van der Waals surface area contributed by atoms with Gasteiger partial charge >= 0.3 is 6.18 Å². The minimum absolute atomic E-state index is 0.0233. The van der Waals surface area contributed by atoms with Crippen LogP contribution >= 0.6 is 0 Å². The molecule has 0 atom stereocenters. The van der Waals surface area contributed by atoms with Crippen molar-refractivity contribution in [3.8, 4) is 11.1 Å². The van der Waals surface area contributed by atoms with E-state index >= 15 is 4.39 Å². The van der Waals surface area contributed by atoms with Gasteiger partial charge in [-0.3, -0.25) is 33.7 Å². The molecule has 5 aromatic rings. The first-order chi connectivity index (χ1) is 33.0. The number of halogens is 4. The van der Waals surface area contributed by atoms with Gasteiger partial charge < -0.3 is 19.4 Å². The molecule has 5 amide bonds. The summed E-state index contributed by atoms with van der Waals surface area (Å²) in [5.74, 6) is -2.95. The van der Waals surface area contributed by atoms with E-state index in [1.807, 2.05) is 6.07 Å². The zero-order valence-corrected chi connectivity index (χ0v) is 38.3. The van der Waals surface area contributed by atoms with E-state index in [2.05, 4.69) is 20.1 Å². The van der Waals surface area contributed by atoms with Crippen LogP contribution in [0.5, 0.6) is 0 Å². The lowest BCUT2D eigenvalue weighted by atomic mass is 10.0. The fourth-order valence-electron chi connectivity index (χ4n) is 9.39. The molecule has 3 saturated heterocycles. The van der Waals surface area contributed by atoms with Gasteiger partial charge in [0.1, 0.15) is 5.82 Å². The molecular formula is C50H52F4N8O7. The average Bonchev–Trinajstić information content (AvgIpc) is 3.33. The molecule has 362 valence electrons. The third-order valence-electron chi connectivity index (χ3n) is 12.9. The summed E-state index contributed by atoms with van der Waals surface area (Å²) in [4.78, 5) is 90.7. The number of benzene rings is 3.